The molecule has 4 heteroatoms. The van der Waals surface area contributed by atoms with Gasteiger partial charge in [-0.3, -0.25) is 0 Å². The van der Waals surface area contributed by atoms with E-state index >= 15 is 0 Å². The van der Waals surface area contributed by atoms with Crippen LogP contribution >= 0.6 is 0 Å². The summed E-state index contributed by atoms with van der Waals surface area (Å²) >= 11 is 0. The smallest absolute Gasteiger partial charge is 0.137 e. The zero-order valence-corrected chi connectivity index (χ0v) is 14.6. The lowest BCUT2D eigenvalue weighted by molar-refractivity contribution is 0.317. The van der Waals surface area contributed by atoms with Crippen LogP contribution in [0.5, 0.6) is 5.75 Å². The predicted molar refractivity (Wildman–Crippen MR) is 98.6 cm³/mol. The molecule has 2 heterocycles. The number of imidazole rings is 1. The minimum absolute atomic E-state index is 0.229. The summed E-state index contributed by atoms with van der Waals surface area (Å²) in [5.41, 5.74) is 11.4. The molecule has 0 saturated heterocycles. The zero-order chi connectivity index (χ0) is 17.1. The third-order valence-electron chi connectivity index (χ3n) is 4.22. The van der Waals surface area contributed by atoms with Crippen LogP contribution in [0.2, 0.25) is 0 Å². The number of benzene rings is 1. The maximum absolute atomic E-state index is 5.96. The quantitative estimate of drug-likeness (QED) is 0.741. The summed E-state index contributed by atoms with van der Waals surface area (Å²) in [6.07, 6.45) is 3.14. The van der Waals surface area contributed by atoms with Crippen LogP contribution in [0.1, 0.15) is 37.4 Å². The maximum atomic E-state index is 5.96. The van der Waals surface area contributed by atoms with Gasteiger partial charge in [0.2, 0.25) is 0 Å². The third kappa shape index (κ3) is 3.15. The van der Waals surface area contributed by atoms with E-state index in [1.165, 1.54) is 11.3 Å². The molecule has 126 valence electrons. The molecule has 2 aromatic heterocycles. The van der Waals surface area contributed by atoms with Crippen LogP contribution in [0.15, 0.2) is 42.6 Å². The largest absolute Gasteiger partial charge is 0.494 e. The molecule has 0 bridgehead atoms. The molecule has 0 amide bonds. The summed E-state index contributed by atoms with van der Waals surface area (Å²) < 4.78 is 7.84. The minimum Gasteiger partial charge on any atom is -0.494 e. The van der Waals surface area contributed by atoms with Crippen molar-refractivity contribution < 1.29 is 4.74 Å². The van der Waals surface area contributed by atoms with Crippen LogP contribution in [0.25, 0.3) is 16.9 Å². The molecule has 0 radical (unpaired) electrons. The Morgan fingerprint density at radius 3 is 2.58 bits per heavy atom. The van der Waals surface area contributed by atoms with E-state index in [-0.39, 0.29) is 5.92 Å². The number of hydrogen-bond donors (Lipinski definition) is 1. The lowest BCUT2D eigenvalue weighted by Crippen LogP contribution is -2.12. The molecule has 0 saturated carbocycles. The molecule has 1 atom stereocenters. The molecular formula is C20H25N3O. The van der Waals surface area contributed by atoms with E-state index in [2.05, 4.69) is 55.6 Å². The van der Waals surface area contributed by atoms with Gasteiger partial charge in [0.15, 0.2) is 0 Å². The van der Waals surface area contributed by atoms with E-state index in [9.17, 15) is 0 Å². The van der Waals surface area contributed by atoms with Gasteiger partial charge < -0.3 is 14.9 Å². The molecular weight excluding hydrogens is 298 g/mol. The molecule has 3 rings (SSSR count). The molecule has 2 N–H and O–H groups in total. The first-order valence-electron chi connectivity index (χ1n) is 8.56. The Labute approximate surface area is 143 Å². The van der Waals surface area contributed by atoms with Gasteiger partial charge in [-0.2, -0.15) is 0 Å². The average molecular weight is 323 g/mol. The summed E-state index contributed by atoms with van der Waals surface area (Å²) in [7, 11) is 0. The van der Waals surface area contributed by atoms with Gasteiger partial charge >= 0.3 is 0 Å². The van der Waals surface area contributed by atoms with E-state index in [0.717, 1.165) is 35.7 Å². The Morgan fingerprint density at radius 1 is 1.17 bits per heavy atom. The predicted octanol–water partition coefficient (Wildman–Crippen LogP) is 4.16. The van der Waals surface area contributed by atoms with E-state index in [1.54, 1.807) is 0 Å². The van der Waals surface area contributed by atoms with Gasteiger partial charge in [-0.25, -0.2) is 4.98 Å². The zero-order valence-electron chi connectivity index (χ0n) is 14.6. The van der Waals surface area contributed by atoms with Crippen molar-refractivity contribution >= 4 is 5.65 Å². The maximum Gasteiger partial charge on any atom is 0.137 e. The number of aromatic nitrogens is 2. The van der Waals surface area contributed by atoms with Crippen LogP contribution in [0, 0.1) is 6.92 Å². The number of pyridine rings is 1. The molecule has 4 nitrogen and oxygen atoms in total. The van der Waals surface area contributed by atoms with Crippen molar-refractivity contribution in [3.05, 3.63) is 53.9 Å². The second-order valence-electron chi connectivity index (χ2n) is 6.29. The first-order chi connectivity index (χ1) is 11.6. The fraction of sp³-hybridized carbons (Fsp3) is 0.350. The first-order valence-corrected chi connectivity index (χ1v) is 8.56. The first kappa shape index (κ1) is 16.5. The molecule has 0 aliphatic carbocycles. The fourth-order valence-corrected chi connectivity index (χ4v) is 2.89. The Morgan fingerprint density at radius 2 is 1.92 bits per heavy atom. The molecule has 0 fully saturated rings. The van der Waals surface area contributed by atoms with E-state index in [0.29, 0.717) is 6.54 Å². The monoisotopic (exact) mass is 323 g/mol. The fourth-order valence-electron chi connectivity index (χ4n) is 2.89. The van der Waals surface area contributed by atoms with Crippen LogP contribution < -0.4 is 10.5 Å². The van der Waals surface area contributed by atoms with Crippen molar-refractivity contribution in [2.45, 2.75) is 33.1 Å². The highest BCUT2D eigenvalue weighted by Gasteiger charge is 2.18. The Hall–Kier alpha value is -2.33. The highest BCUT2D eigenvalue weighted by Crippen LogP contribution is 2.31. The lowest BCUT2D eigenvalue weighted by Gasteiger charge is -2.12. The Bertz CT molecular complexity index is 821. The Balaban J connectivity index is 2.07. The van der Waals surface area contributed by atoms with E-state index in [1.807, 2.05) is 12.1 Å². The van der Waals surface area contributed by atoms with Gasteiger partial charge in [0, 0.05) is 24.2 Å². The molecule has 0 aliphatic rings. The van der Waals surface area contributed by atoms with Crippen molar-refractivity contribution in [3.8, 4) is 17.0 Å². The van der Waals surface area contributed by atoms with Gasteiger partial charge in [0.1, 0.15) is 11.4 Å². The Kier molecular flexibility index (Phi) is 4.86. The van der Waals surface area contributed by atoms with E-state index < -0.39 is 0 Å². The summed E-state index contributed by atoms with van der Waals surface area (Å²) in [5, 5.41) is 0. The number of nitrogens with two attached hydrogens (primary N) is 1. The number of ether oxygens (including phenoxy) is 1. The summed E-state index contributed by atoms with van der Waals surface area (Å²) in [6, 6.07) is 12.3. The summed E-state index contributed by atoms with van der Waals surface area (Å²) in [4.78, 5) is 4.85. The molecule has 0 spiro atoms. The molecule has 3 aromatic rings. The number of nitrogens with zero attached hydrogens (tertiary/aromatic N) is 2. The van der Waals surface area contributed by atoms with Crippen molar-refractivity contribution in [1.29, 1.82) is 0 Å². The van der Waals surface area contributed by atoms with Crippen LogP contribution in [0.3, 0.4) is 0 Å². The molecule has 0 aliphatic heterocycles. The van der Waals surface area contributed by atoms with Crippen LogP contribution in [-0.2, 0) is 0 Å². The molecule has 1 unspecified atom stereocenters. The van der Waals surface area contributed by atoms with Gasteiger partial charge in [-0.1, -0.05) is 19.9 Å². The SMILES string of the molecule is CCCOc1ccc(-c2nc3ccc(C)cn3c2C(C)CN)cc1. The summed E-state index contributed by atoms with van der Waals surface area (Å²) in [5.74, 6) is 1.13. The van der Waals surface area contributed by atoms with Gasteiger partial charge in [0.25, 0.3) is 0 Å². The van der Waals surface area contributed by atoms with Crippen molar-refractivity contribution in [3.63, 3.8) is 0 Å². The lowest BCUT2D eigenvalue weighted by atomic mass is 10.0. The standard InChI is InChI=1S/C20H25N3O/c1-4-11-24-17-8-6-16(7-9-17)19-20(15(3)12-21)23-13-14(2)5-10-18(23)22-19/h5-10,13,15H,4,11-12,21H2,1-3H3. The van der Waals surface area contributed by atoms with Gasteiger partial charge in [-0.15, -0.1) is 0 Å². The highest BCUT2D eigenvalue weighted by molar-refractivity contribution is 5.68. The van der Waals surface area contributed by atoms with Gasteiger partial charge in [0.05, 0.1) is 18.0 Å². The highest BCUT2D eigenvalue weighted by atomic mass is 16.5. The van der Waals surface area contributed by atoms with Crippen molar-refractivity contribution in [1.82, 2.24) is 9.38 Å². The minimum atomic E-state index is 0.229. The van der Waals surface area contributed by atoms with E-state index in [4.69, 9.17) is 15.5 Å². The van der Waals surface area contributed by atoms with Crippen molar-refractivity contribution in [2.75, 3.05) is 13.2 Å². The second-order valence-corrected chi connectivity index (χ2v) is 6.29. The molecule has 24 heavy (non-hydrogen) atoms. The third-order valence-corrected chi connectivity index (χ3v) is 4.22. The number of hydrogen-bond acceptors (Lipinski definition) is 3. The topological polar surface area (TPSA) is 52.5 Å². The molecule has 1 aromatic carbocycles. The van der Waals surface area contributed by atoms with Crippen molar-refractivity contribution in [2.24, 2.45) is 5.73 Å². The van der Waals surface area contributed by atoms with Gasteiger partial charge in [-0.05, 0) is 49.2 Å². The summed E-state index contributed by atoms with van der Waals surface area (Å²) in [6.45, 7) is 7.67. The number of fused-ring (bicyclic) bond motifs is 1. The average Bonchev–Trinajstić information content (AvgIpc) is 2.98. The number of rotatable bonds is 6. The van der Waals surface area contributed by atoms with Crippen LogP contribution in [0.4, 0.5) is 0 Å². The second kappa shape index (κ2) is 7.05. The number of aryl methyl sites for hydroxylation is 1. The van der Waals surface area contributed by atoms with Crippen LogP contribution in [-0.4, -0.2) is 22.5 Å². The normalized spacial score (nSPS) is 12.5.